The number of hydrogen-bond donors (Lipinski definition) is 3. The topological polar surface area (TPSA) is 99.5 Å². The van der Waals surface area contributed by atoms with Crippen molar-refractivity contribution < 1.29 is 19.8 Å². The average Bonchev–Trinajstić information content (AvgIpc) is 2.51. The molecule has 1 aromatic carbocycles. The molecule has 1 heterocycles. The maximum Gasteiger partial charge on any atom is 0.414 e. The molecule has 0 saturated heterocycles. The van der Waals surface area contributed by atoms with Crippen LogP contribution >= 0.6 is 11.6 Å². The molecule has 0 aliphatic heterocycles. The van der Waals surface area contributed by atoms with Crippen LogP contribution in [0.1, 0.15) is 11.1 Å². The molecule has 0 aliphatic rings. The fourth-order valence-corrected chi connectivity index (χ4v) is 1.69. The van der Waals surface area contributed by atoms with E-state index in [-0.39, 0.29) is 0 Å². The number of carbonyl (C=O) groups is 2. The Morgan fingerprint density at radius 2 is 1.73 bits per heavy atom. The fraction of sp³-hybridized carbons (Fsp3) is 0.133. The highest BCUT2D eigenvalue weighted by Gasteiger charge is 2.04. The Bertz CT molecular complexity index is 608. The molecule has 1 aromatic heterocycles. The molecule has 2 aromatic rings. The number of pyridine rings is 1. The van der Waals surface area contributed by atoms with Gasteiger partial charge in [-0.1, -0.05) is 35.9 Å². The van der Waals surface area contributed by atoms with E-state index in [0.29, 0.717) is 0 Å². The Labute approximate surface area is 132 Å². The lowest BCUT2D eigenvalue weighted by Crippen LogP contribution is -2.12. The summed E-state index contributed by atoms with van der Waals surface area (Å²) in [5.74, 6) is -3.65. The summed E-state index contributed by atoms with van der Waals surface area (Å²) in [7, 11) is 0. The number of carboxylic acids is 2. The van der Waals surface area contributed by atoms with Crippen molar-refractivity contribution in [3.8, 4) is 0 Å². The molecule has 0 unspecified atom stereocenters. The summed E-state index contributed by atoms with van der Waals surface area (Å²) in [4.78, 5) is 22.3. The van der Waals surface area contributed by atoms with Gasteiger partial charge in [0.1, 0.15) is 0 Å². The van der Waals surface area contributed by atoms with Crippen LogP contribution in [-0.2, 0) is 22.7 Å². The fourth-order valence-electron chi connectivity index (χ4n) is 1.49. The van der Waals surface area contributed by atoms with Crippen LogP contribution in [-0.4, -0.2) is 27.1 Å². The zero-order valence-corrected chi connectivity index (χ0v) is 12.3. The van der Waals surface area contributed by atoms with Crippen molar-refractivity contribution in [3.05, 3.63) is 64.9 Å². The lowest BCUT2D eigenvalue weighted by atomic mass is 10.2. The van der Waals surface area contributed by atoms with Crippen LogP contribution in [0.3, 0.4) is 0 Å². The molecule has 0 aliphatic carbocycles. The minimum Gasteiger partial charge on any atom is -0.473 e. The summed E-state index contributed by atoms with van der Waals surface area (Å²) >= 11 is 6.05. The number of nitrogens with one attached hydrogen (secondary N) is 1. The highest BCUT2D eigenvalue weighted by molar-refractivity contribution is 6.31. The van der Waals surface area contributed by atoms with E-state index < -0.39 is 11.9 Å². The monoisotopic (exact) mass is 322 g/mol. The van der Waals surface area contributed by atoms with E-state index in [4.69, 9.17) is 31.4 Å². The van der Waals surface area contributed by atoms with Gasteiger partial charge in [-0.05, 0) is 23.3 Å². The van der Waals surface area contributed by atoms with E-state index in [0.717, 1.165) is 23.7 Å². The molecule has 0 bridgehead atoms. The average molecular weight is 323 g/mol. The molecular weight excluding hydrogens is 308 g/mol. The van der Waals surface area contributed by atoms with Crippen LogP contribution in [0.4, 0.5) is 0 Å². The standard InChI is InChI=1S/C13H13ClN2.C2H2O4/c14-13-6-2-1-5-12(13)10-16-9-11-4-3-7-15-8-11;3-1(4)2(5)6/h1-8,16H,9-10H2;(H,3,4)(H,5,6). The molecule has 6 nitrogen and oxygen atoms in total. The number of carboxylic acid groups (broad SMARTS) is 2. The SMILES string of the molecule is Clc1ccccc1CNCc1cccnc1.O=C(O)C(=O)O. The summed E-state index contributed by atoms with van der Waals surface area (Å²) in [6, 6.07) is 11.8. The highest BCUT2D eigenvalue weighted by Crippen LogP contribution is 2.14. The normalized spacial score (nSPS) is 9.50. The third kappa shape index (κ3) is 6.83. The van der Waals surface area contributed by atoms with Crippen molar-refractivity contribution in [1.82, 2.24) is 10.3 Å². The smallest absolute Gasteiger partial charge is 0.414 e. The van der Waals surface area contributed by atoms with Gasteiger partial charge >= 0.3 is 11.9 Å². The van der Waals surface area contributed by atoms with Crippen molar-refractivity contribution in [1.29, 1.82) is 0 Å². The first-order valence-electron chi connectivity index (χ1n) is 6.30. The van der Waals surface area contributed by atoms with Gasteiger partial charge in [0.05, 0.1) is 0 Å². The zero-order valence-electron chi connectivity index (χ0n) is 11.6. The van der Waals surface area contributed by atoms with Gasteiger partial charge in [-0.15, -0.1) is 0 Å². The predicted molar refractivity (Wildman–Crippen MR) is 81.5 cm³/mol. The van der Waals surface area contributed by atoms with E-state index >= 15 is 0 Å². The third-order valence-corrected chi connectivity index (χ3v) is 2.88. The molecule has 0 spiro atoms. The minimum absolute atomic E-state index is 0.772. The lowest BCUT2D eigenvalue weighted by Gasteiger charge is -2.06. The molecule has 7 heteroatoms. The number of benzene rings is 1. The Kier molecular flexibility index (Phi) is 7.60. The minimum atomic E-state index is -1.82. The van der Waals surface area contributed by atoms with Crippen LogP contribution in [0.2, 0.25) is 5.02 Å². The van der Waals surface area contributed by atoms with Crippen LogP contribution in [0, 0.1) is 0 Å². The first-order chi connectivity index (χ1) is 10.5. The van der Waals surface area contributed by atoms with E-state index in [2.05, 4.69) is 10.3 Å². The number of nitrogens with zero attached hydrogens (tertiary/aromatic N) is 1. The highest BCUT2D eigenvalue weighted by atomic mass is 35.5. The van der Waals surface area contributed by atoms with E-state index in [1.807, 2.05) is 42.6 Å². The van der Waals surface area contributed by atoms with Gasteiger partial charge in [0.2, 0.25) is 0 Å². The quantitative estimate of drug-likeness (QED) is 0.746. The number of halogens is 1. The second-order valence-corrected chi connectivity index (χ2v) is 4.57. The van der Waals surface area contributed by atoms with Gasteiger partial charge in [0.25, 0.3) is 0 Å². The zero-order chi connectivity index (χ0) is 16.4. The van der Waals surface area contributed by atoms with Crippen LogP contribution in [0.5, 0.6) is 0 Å². The largest absolute Gasteiger partial charge is 0.473 e. The third-order valence-electron chi connectivity index (χ3n) is 2.51. The maximum atomic E-state index is 9.10. The number of aliphatic carboxylic acids is 2. The van der Waals surface area contributed by atoms with Gasteiger partial charge in [-0.3, -0.25) is 4.98 Å². The Morgan fingerprint density at radius 3 is 2.27 bits per heavy atom. The second-order valence-electron chi connectivity index (χ2n) is 4.17. The second kappa shape index (κ2) is 9.49. The summed E-state index contributed by atoms with van der Waals surface area (Å²) in [6.07, 6.45) is 3.64. The molecule has 0 radical (unpaired) electrons. The summed E-state index contributed by atoms with van der Waals surface area (Å²) in [5.41, 5.74) is 2.29. The molecular formula is C15H15ClN2O4. The van der Waals surface area contributed by atoms with Crippen LogP contribution in [0.25, 0.3) is 0 Å². The van der Waals surface area contributed by atoms with Gasteiger partial charge < -0.3 is 15.5 Å². The molecule has 0 amide bonds. The van der Waals surface area contributed by atoms with Crippen molar-refractivity contribution >= 4 is 23.5 Å². The van der Waals surface area contributed by atoms with Crippen LogP contribution in [0.15, 0.2) is 48.8 Å². The Morgan fingerprint density at radius 1 is 1.05 bits per heavy atom. The summed E-state index contributed by atoms with van der Waals surface area (Å²) in [6.45, 7) is 1.58. The number of aromatic nitrogens is 1. The Balaban J connectivity index is 0.000000346. The molecule has 0 saturated carbocycles. The molecule has 0 fully saturated rings. The van der Waals surface area contributed by atoms with Crippen molar-refractivity contribution in [3.63, 3.8) is 0 Å². The van der Waals surface area contributed by atoms with E-state index in [1.165, 1.54) is 5.56 Å². The van der Waals surface area contributed by atoms with Crippen molar-refractivity contribution in [2.24, 2.45) is 0 Å². The van der Waals surface area contributed by atoms with Crippen molar-refractivity contribution in [2.75, 3.05) is 0 Å². The number of rotatable bonds is 4. The van der Waals surface area contributed by atoms with E-state index in [9.17, 15) is 0 Å². The van der Waals surface area contributed by atoms with Gasteiger partial charge in [-0.2, -0.15) is 0 Å². The van der Waals surface area contributed by atoms with Gasteiger partial charge in [0.15, 0.2) is 0 Å². The summed E-state index contributed by atoms with van der Waals surface area (Å²) < 4.78 is 0. The maximum absolute atomic E-state index is 9.10. The molecule has 0 atom stereocenters. The van der Waals surface area contributed by atoms with Gasteiger partial charge in [0, 0.05) is 30.5 Å². The first kappa shape index (κ1) is 17.6. The molecule has 22 heavy (non-hydrogen) atoms. The van der Waals surface area contributed by atoms with Crippen molar-refractivity contribution in [2.45, 2.75) is 13.1 Å². The van der Waals surface area contributed by atoms with E-state index in [1.54, 1.807) is 6.20 Å². The number of hydrogen-bond acceptors (Lipinski definition) is 4. The predicted octanol–water partition coefficient (Wildman–Crippen LogP) is 2.18. The Hall–Kier alpha value is -2.44. The molecule has 116 valence electrons. The lowest BCUT2D eigenvalue weighted by molar-refractivity contribution is -0.159. The summed E-state index contributed by atoms with van der Waals surface area (Å²) in [5, 5.41) is 18.9. The molecule has 2 rings (SSSR count). The first-order valence-corrected chi connectivity index (χ1v) is 6.67. The van der Waals surface area contributed by atoms with Gasteiger partial charge in [-0.25, -0.2) is 9.59 Å². The molecule has 3 N–H and O–H groups in total. The van der Waals surface area contributed by atoms with Crippen LogP contribution < -0.4 is 5.32 Å².